The lowest BCUT2D eigenvalue weighted by Crippen LogP contribution is -2.06. The molecule has 1 amide bonds. The zero-order valence-corrected chi connectivity index (χ0v) is 6.84. The minimum atomic E-state index is 0. The largest absolute Gasteiger partial charge is 0.382 e. The van der Waals surface area contributed by atoms with Crippen LogP contribution in [-0.2, 0) is 4.79 Å². The number of nitrogens with zero attached hydrogens (tertiary/aromatic N) is 2. The zero-order chi connectivity index (χ0) is 8.27. The number of halogens is 1. The first-order valence-electron chi connectivity index (χ1n) is 2.82. The summed E-state index contributed by atoms with van der Waals surface area (Å²) >= 11 is 0. The van der Waals surface area contributed by atoms with Gasteiger partial charge in [0.15, 0.2) is 11.6 Å². The molecule has 1 aromatic rings. The molecule has 5 N–H and O–H groups in total. The molecule has 0 radical (unpaired) electrons. The molecule has 1 rings (SSSR count). The Bertz CT molecular complexity index is 258. The van der Waals surface area contributed by atoms with Crippen molar-refractivity contribution in [3.63, 3.8) is 0 Å². The van der Waals surface area contributed by atoms with E-state index in [-0.39, 0.29) is 29.7 Å². The van der Waals surface area contributed by atoms with E-state index in [1.54, 1.807) is 0 Å². The first kappa shape index (κ1) is 10.4. The number of rotatable bonds is 2. The van der Waals surface area contributed by atoms with Crippen LogP contribution in [0.3, 0.4) is 0 Å². The van der Waals surface area contributed by atoms with Gasteiger partial charge >= 0.3 is 0 Å². The highest BCUT2D eigenvalue weighted by atomic mass is 35.5. The van der Waals surface area contributed by atoms with E-state index in [1.807, 2.05) is 0 Å². The summed E-state index contributed by atoms with van der Waals surface area (Å²) in [5.74, 6) is 0.314. The third kappa shape index (κ3) is 1.96. The monoisotopic (exact) mass is 189 g/mol. The summed E-state index contributed by atoms with van der Waals surface area (Å²) in [7, 11) is 0. The van der Waals surface area contributed by atoms with E-state index in [9.17, 15) is 4.79 Å². The lowest BCUT2D eigenvalue weighted by Gasteiger charge is -2.03. The normalized spacial score (nSPS) is 8.33. The standard InChI is InChI=1S/C5H7N5O.ClH/c6-4-3(10-2-11)5(7)9-1-8-4;/h1-2H,(H,10,11)(H4,6,7,8,9);1H. The first-order valence-corrected chi connectivity index (χ1v) is 2.82. The third-order valence-corrected chi connectivity index (χ3v) is 1.11. The van der Waals surface area contributed by atoms with E-state index in [2.05, 4.69) is 15.3 Å². The van der Waals surface area contributed by atoms with Crippen molar-refractivity contribution < 1.29 is 4.79 Å². The number of carbonyl (C=O) groups excluding carboxylic acids is 1. The van der Waals surface area contributed by atoms with Crippen molar-refractivity contribution in [3.05, 3.63) is 6.33 Å². The molecule has 66 valence electrons. The molecule has 0 aliphatic heterocycles. The zero-order valence-electron chi connectivity index (χ0n) is 6.02. The summed E-state index contributed by atoms with van der Waals surface area (Å²) in [5.41, 5.74) is 11.0. The molecule has 1 heterocycles. The van der Waals surface area contributed by atoms with Crippen LogP contribution in [0.25, 0.3) is 0 Å². The first-order chi connectivity index (χ1) is 5.25. The lowest BCUT2D eigenvalue weighted by molar-refractivity contribution is -0.105. The lowest BCUT2D eigenvalue weighted by atomic mass is 10.4. The van der Waals surface area contributed by atoms with Crippen LogP contribution in [0.1, 0.15) is 0 Å². The van der Waals surface area contributed by atoms with Crippen molar-refractivity contribution in [3.8, 4) is 0 Å². The molecule has 12 heavy (non-hydrogen) atoms. The van der Waals surface area contributed by atoms with Crippen molar-refractivity contribution in [1.29, 1.82) is 0 Å². The maximum absolute atomic E-state index is 10.0. The summed E-state index contributed by atoms with van der Waals surface area (Å²) in [6.07, 6.45) is 1.69. The summed E-state index contributed by atoms with van der Waals surface area (Å²) < 4.78 is 0. The fourth-order valence-electron chi connectivity index (χ4n) is 0.620. The van der Waals surface area contributed by atoms with Gasteiger partial charge in [0.2, 0.25) is 6.41 Å². The van der Waals surface area contributed by atoms with Gasteiger partial charge in [-0.2, -0.15) is 0 Å². The van der Waals surface area contributed by atoms with E-state index < -0.39 is 0 Å². The molecule has 7 heteroatoms. The second kappa shape index (κ2) is 4.35. The summed E-state index contributed by atoms with van der Waals surface area (Å²) in [5, 5.41) is 2.29. The molecule has 0 unspecified atom stereocenters. The van der Waals surface area contributed by atoms with Crippen molar-refractivity contribution in [2.24, 2.45) is 0 Å². The molecule has 0 saturated heterocycles. The number of hydrogen-bond donors (Lipinski definition) is 3. The number of hydrogen-bond acceptors (Lipinski definition) is 5. The van der Waals surface area contributed by atoms with Crippen LogP contribution in [0.2, 0.25) is 0 Å². The van der Waals surface area contributed by atoms with Crippen molar-refractivity contribution in [2.45, 2.75) is 0 Å². The average Bonchev–Trinajstić information content (AvgIpc) is 1.97. The van der Waals surface area contributed by atoms with E-state index in [0.29, 0.717) is 6.41 Å². The number of nitrogens with two attached hydrogens (primary N) is 2. The van der Waals surface area contributed by atoms with Gasteiger partial charge in [0.1, 0.15) is 12.0 Å². The summed E-state index contributed by atoms with van der Waals surface area (Å²) in [4.78, 5) is 17.2. The molecule has 0 fully saturated rings. The van der Waals surface area contributed by atoms with E-state index in [4.69, 9.17) is 11.5 Å². The molecule has 0 aromatic carbocycles. The quantitative estimate of drug-likeness (QED) is 0.551. The molecule has 0 saturated carbocycles. The van der Waals surface area contributed by atoms with Gasteiger partial charge in [-0.25, -0.2) is 9.97 Å². The summed E-state index contributed by atoms with van der Waals surface area (Å²) in [6, 6.07) is 0. The van der Waals surface area contributed by atoms with Gasteiger partial charge in [-0.3, -0.25) is 4.79 Å². The molecule has 0 aliphatic carbocycles. The van der Waals surface area contributed by atoms with Crippen LogP contribution >= 0.6 is 12.4 Å². The Morgan fingerprint density at radius 2 is 1.83 bits per heavy atom. The van der Waals surface area contributed by atoms with Gasteiger partial charge in [-0.1, -0.05) is 0 Å². The van der Waals surface area contributed by atoms with Crippen molar-refractivity contribution >= 4 is 36.1 Å². The smallest absolute Gasteiger partial charge is 0.211 e. The number of amides is 1. The second-order valence-corrected chi connectivity index (χ2v) is 1.78. The van der Waals surface area contributed by atoms with E-state index in [0.717, 1.165) is 0 Å². The maximum Gasteiger partial charge on any atom is 0.211 e. The van der Waals surface area contributed by atoms with Crippen LogP contribution in [0, 0.1) is 0 Å². The molecule has 0 bridgehead atoms. The van der Waals surface area contributed by atoms with Crippen LogP contribution < -0.4 is 16.8 Å². The van der Waals surface area contributed by atoms with Gasteiger partial charge in [-0.05, 0) is 0 Å². The topological polar surface area (TPSA) is 107 Å². The number of carbonyl (C=O) groups is 1. The van der Waals surface area contributed by atoms with Gasteiger partial charge in [0.05, 0.1) is 0 Å². The minimum Gasteiger partial charge on any atom is -0.382 e. The highest BCUT2D eigenvalue weighted by Gasteiger charge is 2.03. The maximum atomic E-state index is 10.0. The Labute approximate surface area is 74.8 Å². The molecule has 6 nitrogen and oxygen atoms in total. The molecule has 1 aromatic heterocycles. The van der Waals surface area contributed by atoms with E-state index in [1.165, 1.54) is 6.33 Å². The number of nitrogens with one attached hydrogen (secondary N) is 1. The van der Waals surface area contributed by atoms with E-state index >= 15 is 0 Å². The average molecular weight is 190 g/mol. The molecular formula is C5H8ClN5O. The number of anilines is 3. The van der Waals surface area contributed by atoms with Gasteiger partial charge in [0, 0.05) is 0 Å². The predicted octanol–water partition coefficient (Wildman–Crippen LogP) is -0.369. The fourth-order valence-corrected chi connectivity index (χ4v) is 0.620. The Morgan fingerprint density at radius 1 is 1.33 bits per heavy atom. The molecule has 0 spiro atoms. The Balaban J connectivity index is 0.00000121. The molecule has 0 atom stereocenters. The van der Waals surface area contributed by atoms with Crippen molar-refractivity contribution in [2.75, 3.05) is 16.8 Å². The van der Waals surface area contributed by atoms with Crippen LogP contribution in [0.4, 0.5) is 17.3 Å². The Kier molecular flexibility index (Phi) is 3.78. The molecular weight excluding hydrogens is 182 g/mol. The molecule has 0 aliphatic rings. The summed E-state index contributed by atoms with van der Waals surface area (Å²) in [6.45, 7) is 0. The highest BCUT2D eigenvalue weighted by Crippen LogP contribution is 2.19. The predicted molar refractivity (Wildman–Crippen MR) is 47.8 cm³/mol. The second-order valence-electron chi connectivity index (χ2n) is 1.78. The highest BCUT2D eigenvalue weighted by molar-refractivity contribution is 5.85. The fraction of sp³-hybridized carbons (Fsp3) is 0. The number of nitrogen functional groups attached to an aromatic ring is 2. The number of aromatic nitrogens is 2. The van der Waals surface area contributed by atoms with Crippen LogP contribution in [0.5, 0.6) is 0 Å². The SMILES string of the molecule is Cl.Nc1ncnc(N)c1NC=O. The van der Waals surface area contributed by atoms with Gasteiger partial charge in [-0.15, -0.1) is 12.4 Å². The Hall–Kier alpha value is -1.56. The van der Waals surface area contributed by atoms with Crippen molar-refractivity contribution in [1.82, 2.24) is 9.97 Å². The van der Waals surface area contributed by atoms with Gasteiger partial charge < -0.3 is 16.8 Å². The minimum absolute atomic E-state index is 0. The van der Waals surface area contributed by atoms with Crippen LogP contribution in [-0.4, -0.2) is 16.4 Å². The van der Waals surface area contributed by atoms with Crippen LogP contribution in [0.15, 0.2) is 6.33 Å². The third-order valence-electron chi connectivity index (χ3n) is 1.11. The Morgan fingerprint density at radius 3 is 2.25 bits per heavy atom. The van der Waals surface area contributed by atoms with Gasteiger partial charge in [0.25, 0.3) is 0 Å².